The maximum atomic E-state index is 12.4. The van der Waals surface area contributed by atoms with Gasteiger partial charge in [0.1, 0.15) is 0 Å². The van der Waals surface area contributed by atoms with Gasteiger partial charge < -0.3 is 9.42 Å². The summed E-state index contributed by atoms with van der Waals surface area (Å²) < 4.78 is 5.38. The van der Waals surface area contributed by atoms with E-state index >= 15 is 0 Å². The van der Waals surface area contributed by atoms with Crippen molar-refractivity contribution < 1.29 is 9.32 Å². The SMILES string of the molecule is O=C(C1CCC1)N1CCCC(Cc2nc(C3CC3)no2)C1. The molecule has 2 saturated carbocycles. The zero-order chi connectivity index (χ0) is 14.2. The summed E-state index contributed by atoms with van der Waals surface area (Å²) >= 11 is 0. The molecule has 0 radical (unpaired) electrons. The van der Waals surface area contributed by atoms with Gasteiger partial charge in [-0.3, -0.25) is 4.79 Å². The number of carbonyl (C=O) groups is 1. The van der Waals surface area contributed by atoms with Gasteiger partial charge >= 0.3 is 0 Å². The van der Waals surface area contributed by atoms with Crippen molar-refractivity contribution in [2.75, 3.05) is 13.1 Å². The largest absolute Gasteiger partial charge is 0.342 e. The van der Waals surface area contributed by atoms with Crippen LogP contribution in [0.25, 0.3) is 0 Å². The number of hydrogen-bond donors (Lipinski definition) is 0. The summed E-state index contributed by atoms with van der Waals surface area (Å²) in [5.41, 5.74) is 0. The minimum atomic E-state index is 0.314. The molecule has 3 aliphatic rings. The van der Waals surface area contributed by atoms with Crippen LogP contribution in [0.5, 0.6) is 0 Å². The molecule has 114 valence electrons. The third-order valence-corrected chi connectivity index (χ3v) is 5.17. The Balaban J connectivity index is 1.34. The van der Waals surface area contributed by atoms with E-state index < -0.39 is 0 Å². The highest BCUT2D eigenvalue weighted by Crippen LogP contribution is 2.38. The lowest BCUT2D eigenvalue weighted by Gasteiger charge is -2.37. The second-order valence-electron chi connectivity index (χ2n) is 6.95. The van der Waals surface area contributed by atoms with Crippen LogP contribution in [-0.4, -0.2) is 34.0 Å². The molecule has 0 aromatic carbocycles. The molecule has 1 saturated heterocycles. The first-order valence-corrected chi connectivity index (χ1v) is 8.41. The Hall–Kier alpha value is -1.39. The van der Waals surface area contributed by atoms with Gasteiger partial charge in [0.25, 0.3) is 0 Å². The summed E-state index contributed by atoms with van der Waals surface area (Å²) in [6.45, 7) is 1.81. The molecule has 4 rings (SSSR count). The number of hydrogen-bond acceptors (Lipinski definition) is 4. The summed E-state index contributed by atoms with van der Waals surface area (Å²) in [5.74, 6) is 3.38. The smallest absolute Gasteiger partial charge is 0.226 e. The minimum Gasteiger partial charge on any atom is -0.342 e. The molecular formula is C16H23N3O2. The molecule has 0 bridgehead atoms. The number of carbonyl (C=O) groups excluding carboxylic acids is 1. The van der Waals surface area contributed by atoms with Crippen LogP contribution in [0.15, 0.2) is 4.52 Å². The van der Waals surface area contributed by atoms with Crippen molar-refractivity contribution in [1.82, 2.24) is 15.0 Å². The quantitative estimate of drug-likeness (QED) is 0.854. The fraction of sp³-hybridized carbons (Fsp3) is 0.812. The van der Waals surface area contributed by atoms with Gasteiger partial charge in [-0.2, -0.15) is 4.98 Å². The van der Waals surface area contributed by atoms with Crippen molar-refractivity contribution in [2.24, 2.45) is 11.8 Å². The average Bonchev–Trinajstić information content (AvgIpc) is 3.18. The predicted octanol–water partition coefficient (Wildman–Crippen LogP) is 2.53. The van der Waals surface area contributed by atoms with Crippen molar-refractivity contribution in [3.63, 3.8) is 0 Å². The van der Waals surface area contributed by atoms with E-state index in [1.165, 1.54) is 19.3 Å². The van der Waals surface area contributed by atoms with Gasteiger partial charge in [-0.1, -0.05) is 11.6 Å². The Labute approximate surface area is 125 Å². The second kappa shape index (κ2) is 5.43. The van der Waals surface area contributed by atoms with E-state index in [-0.39, 0.29) is 0 Å². The molecule has 0 spiro atoms. The van der Waals surface area contributed by atoms with Gasteiger partial charge in [0.05, 0.1) is 0 Å². The van der Waals surface area contributed by atoms with E-state index in [1.807, 2.05) is 0 Å². The van der Waals surface area contributed by atoms with E-state index in [0.717, 1.165) is 56.9 Å². The first-order chi connectivity index (χ1) is 10.3. The van der Waals surface area contributed by atoms with E-state index in [2.05, 4.69) is 15.0 Å². The summed E-state index contributed by atoms with van der Waals surface area (Å²) in [5, 5.41) is 4.08. The topological polar surface area (TPSA) is 59.2 Å². The van der Waals surface area contributed by atoms with Crippen LogP contribution >= 0.6 is 0 Å². The number of likely N-dealkylation sites (tertiary alicyclic amines) is 1. The molecule has 1 amide bonds. The summed E-state index contributed by atoms with van der Waals surface area (Å²) in [6, 6.07) is 0. The monoisotopic (exact) mass is 289 g/mol. The van der Waals surface area contributed by atoms with Crippen LogP contribution in [-0.2, 0) is 11.2 Å². The van der Waals surface area contributed by atoms with E-state index in [1.54, 1.807) is 0 Å². The third-order valence-electron chi connectivity index (χ3n) is 5.17. The maximum Gasteiger partial charge on any atom is 0.226 e. The van der Waals surface area contributed by atoms with Gasteiger partial charge in [0.15, 0.2) is 5.82 Å². The predicted molar refractivity (Wildman–Crippen MR) is 76.6 cm³/mol. The fourth-order valence-electron chi connectivity index (χ4n) is 3.45. The maximum absolute atomic E-state index is 12.4. The molecule has 21 heavy (non-hydrogen) atoms. The van der Waals surface area contributed by atoms with Crippen LogP contribution in [0.2, 0.25) is 0 Å². The molecule has 0 N–H and O–H groups in total. The molecule has 1 atom stereocenters. The van der Waals surface area contributed by atoms with Crippen LogP contribution < -0.4 is 0 Å². The van der Waals surface area contributed by atoms with E-state index in [4.69, 9.17) is 4.52 Å². The van der Waals surface area contributed by atoms with Crippen molar-refractivity contribution >= 4 is 5.91 Å². The first kappa shape index (κ1) is 13.3. The summed E-state index contributed by atoms with van der Waals surface area (Å²) in [4.78, 5) is 19.0. The van der Waals surface area contributed by atoms with Crippen molar-refractivity contribution in [2.45, 2.75) is 57.3 Å². The summed E-state index contributed by atoms with van der Waals surface area (Å²) in [7, 11) is 0. The van der Waals surface area contributed by atoms with Crippen LogP contribution in [0.4, 0.5) is 0 Å². The molecular weight excluding hydrogens is 266 g/mol. The standard InChI is InChI=1S/C16H23N3O2/c20-16(13-4-1-5-13)19-8-2-3-11(10-19)9-14-17-15(18-21-14)12-6-7-12/h11-13H,1-10H2. The zero-order valence-electron chi connectivity index (χ0n) is 12.5. The van der Waals surface area contributed by atoms with Gasteiger partial charge in [-0.15, -0.1) is 0 Å². The lowest BCUT2D eigenvalue weighted by molar-refractivity contribution is -0.140. The molecule has 1 aliphatic heterocycles. The van der Waals surface area contributed by atoms with Gasteiger partial charge in [0, 0.05) is 31.3 Å². The lowest BCUT2D eigenvalue weighted by atomic mass is 9.83. The molecule has 5 heteroatoms. The molecule has 1 aromatic rings. The third kappa shape index (κ3) is 2.83. The van der Waals surface area contributed by atoms with Crippen LogP contribution in [0, 0.1) is 11.8 Å². The highest BCUT2D eigenvalue weighted by Gasteiger charge is 2.33. The normalized spacial score (nSPS) is 26.7. The van der Waals surface area contributed by atoms with Gasteiger partial charge in [-0.05, 0) is 44.4 Å². The number of piperidine rings is 1. The average molecular weight is 289 g/mol. The molecule has 2 aliphatic carbocycles. The molecule has 2 heterocycles. The molecule has 5 nitrogen and oxygen atoms in total. The Bertz CT molecular complexity index is 519. The highest BCUT2D eigenvalue weighted by molar-refractivity contribution is 5.79. The Morgan fingerprint density at radius 2 is 2.05 bits per heavy atom. The van der Waals surface area contributed by atoms with Crippen molar-refractivity contribution in [3.8, 4) is 0 Å². The van der Waals surface area contributed by atoms with Crippen molar-refractivity contribution in [3.05, 3.63) is 11.7 Å². The number of amides is 1. The molecule has 1 unspecified atom stereocenters. The van der Waals surface area contributed by atoms with E-state index in [0.29, 0.717) is 23.7 Å². The number of rotatable bonds is 4. The molecule has 1 aromatic heterocycles. The lowest BCUT2D eigenvalue weighted by Crippen LogP contribution is -2.45. The number of nitrogens with zero attached hydrogens (tertiary/aromatic N) is 3. The van der Waals surface area contributed by atoms with Crippen LogP contribution in [0.1, 0.15) is 62.6 Å². The Morgan fingerprint density at radius 1 is 1.19 bits per heavy atom. The van der Waals surface area contributed by atoms with E-state index in [9.17, 15) is 4.79 Å². The Morgan fingerprint density at radius 3 is 2.76 bits per heavy atom. The zero-order valence-corrected chi connectivity index (χ0v) is 12.5. The first-order valence-electron chi connectivity index (χ1n) is 8.41. The number of aromatic nitrogens is 2. The Kier molecular flexibility index (Phi) is 3.43. The second-order valence-corrected chi connectivity index (χ2v) is 6.95. The van der Waals surface area contributed by atoms with Crippen LogP contribution in [0.3, 0.4) is 0 Å². The van der Waals surface area contributed by atoms with Gasteiger partial charge in [0.2, 0.25) is 11.8 Å². The fourth-order valence-corrected chi connectivity index (χ4v) is 3.45. The molecule has 3 fully saturated rings. The minimum absolute atomic E-state index is 0.314. The van der Waals surface area contributed by atoms with Crippen molar-refractivity contribution in [1.29, 1.82) is 0 Å². The van der Waals surface area contributed by atoms with Gasteiger partial charge in [-0.25, -0.2) is 0 Å². The highest BCUT2D eigenvalue weighted by atomic mass is 16.5. The summed E-state index contributed by atoms with van der Waals surface area (Å²) in [6.07, 6.45) is 8.90.